The van der Waals surface area contributed by atoms with Crippen LogP contribution in [0.25, 0.3) is 0 Å². The number of aliphatic hydroxyl groups excluding tert-OH is 1. The molecule has 1 atom stereocenters. The second-order valence-electron chi connectivity index (χ2n) is 3.68. The van der Waals surface area contributed by atoms with Gasteiger partial charge in [0.25, 0.3) is 0 Å². The van der Waals surface area contributed by atoms with E-state index >= 15 is 0 Å². The van der Waals surface area contributed by atoms with E-state index in [2.05, 4.69) is 14.9 Å². The molecule has 0 saturated carbocycles. The monoisotopic (exact) mass is 193 g/mol. The second-order valence-corrected chi connectivity index (χ2v) is 3.68. The van der Waals surface area contributed by atoms with Crippen LogP contribution < -0.4 is 4.90 Å². The Morgan fingerprint density at radius 3 is 3.14 bits per heavy atom. The molecular formula is C10H15N3O. The van der Waals surface area contributed by atoms with E-state index in [1.165, 1.54) is 0 Å². The first-order valence-electron chi connectivity index (χ1n) is 5.02. The van der Waals surface area contributed by atoms with Crippen molar-refractivity contribution in [2.45, 2.75) is 12.8 Å². The molecule has 0 amide bonds. The number of anilines is 1. The van der Waals surface area contributed by atoms with Crippen LogP contribution in [-0.4, -0.2) is 34.8 Å². The van der Waals surface area contributed by atoms with Crippen molar-refractivity contribution in [3.05, 3.63) is 18.6 Å². The Morgan fingerprint density at radius 1 is 1.50 bits per heavy atom. The summed E-state index contributed by atoms with van der Waals surface area (Å²) >= 11 is 0. The van der Waals surface area contributed by atoms with Crippen molar-refractivity contribution in [1.82, 2.24) is 9.97 Å². The number of hydrogen-bond acceptors (Lipinski definition) is 4. The lowest BCUT2D eigenvalue weighted by molar-refractivity contribution is 0.263. The molecule has 1 fully saturated rings. The lowest BCUT2D eigenvalue weighted by Gasteiger charge is -2.16. The highest BCUT2D eigenvalue weighted by molar-refractivity contribution is 5.36. The van der Waals surface area contributed by atoms with Gasteiger partial charge < -0.3 is 10.0 Å². The summed E-state index contributed by atoms with van der Waals surface area (Å²) < 4.78 is 0. The van der Waals surface area contributed by atoms with Gasteiger partial charge in [0.15, 0.2) is 0 Å². The average Bonchev–Trinajstić information content (AvgIpc) is 2.68. The molecule has 14 heavy (non-hydrogen) atoms. The highest BCUT2D eigenvalue weighted by Gasteiger charge is 2.22. The van der Waals surface area contributed by atoms with Crippen LogP contribution in [0, 0.1) is 5.92 Å². The first-order valence-corrected chi connectivity index (χ1v) is 5.02. The predicted octanol–water partition coefficient (Wildman–Crippen LogP) is 0.685. The molecule has 1 aromatic heterocycles. The molecule has 1 aromatic rings. The molecule has 1 aliphatic heterocycles. The molecule has 4 nitrogen and oxygen atoms in total. The topological polar surface area (TPSA) is 49.2 Å². The summed E-state index contributed by atoms with van der Waals surface area (Å²) in [5.74, 6) is 1.56. The zero-order valence-electron chi connectivity index (χ0n) is 8.13. The minimum absolute atomic E-state index is 0.291. The van der Waals surface area contributed by atoms with E-state index < -0.39 is 0 Å². The summed E-state index contributed by atoms with van der Waals surface area (Å²) in [5.41, 5.74) is 0. The fourth-order valence-corrected chi connectivity index (χ4v) is 1.91. The first kappa shape index (κ1) is 9.40. The Morgan fingerprint density at radius 2 is 2.43 bits per heavy atom. The molecule has 4 heteroatoms. The standard InChI is InChI=1S/C10H15N3O/c14-6-2-9-1-5-13(8-9)10-7-11-3-4-12-10/h3-4,7,9,14H,1-2,5-6,8H2. The number of aromatic nitrogens is 2. The van der Waals surface area contributed by atoms with Crippen LogP contribution in [0.4, 0.5) is 5.82 Å². The van der Waals surface area contributed by atoms with Crippen LogP contribution in [0.15, 0.2) is 18.6 Å². The van der Waals surface area contributed by atoms with E-state index in [9.17, 15) is 0 Å². The van der Waals surface area contributed by atoms with Crippen LogP contribution in [0.1, 0.15) is 12.8 Å². The molecule has 0 radical (unpaired) electrons. The molecule has 1 unspecified atom stereocenters. The Labute approximate surface area is 83.6 Å². The third kappa shape index (κ3) is 2.01. The van der Waals surface area contributed by atoms with Gasteiger partial charge in [0.1, 0.15) is 5.82 Å². The van der Waals surface area contributed by atoms with E-state index in [1.54, 1.807) is 18.6 Å². The number of hydrogen-bond donors (Lipinski definition) is 1. The lowest BCUT2D eigenvalue weighted by Crippen LogP contribution is -2.21. The summed E-state index contributed by atoms with van der Waals surface area (Å²) in [6.45, 7) is 2.32. The van der Waals surface area contributed by atoms with E-state index in [0.717, 1.165) is 31.7 Å². The van der Waals surface area contributed by atoms with E-state index in [1.807, 2.05) is 0 Å². The number of aliphatic hydroxyl groups is 1. The predicted molar refractivity (Wildman–Crippen MR) is 54.1 cm³/mol. The van der Waals surface area contributed by atoms with Gasteiger partial charge in [-0.15, -0.1) is 0 Å². The molecule has 76 valence electrons. The lowest BCUT2D eigenvalue weighted by atomic mass is 10.1. The summed E-state index contributed by atoms with van der Waals surface area (Å²) in [7, 11) is 0. The van der Waals surface area contributed by atoms with Gasteiger partial charge in [-0.05, 0) is 18.8 Å². The molecule has 0 spiro atoms. The molecule has 0 bridgehead atoms. The second kappa shape index (κ2) is 4.37. The number of nitrogens with zero attached hydrogens (tertiary/aromatic N) is 3. The Bertz CT molecular complexity index is 278. The average molecular weight is 193 g/mol. The molecule has 0 aromatic carbocycles. The summed E-state index contributed by atoms with van der Waals surface area (Å²) in [6.07, 6.45) is 7.24. The smallest absolute Gasteiger partial charge is 0.147 e. The van der Waals surface area contributed by atoms with Crippen molar-refractivity contribution in [2.24, 2.45) is 5.92 Å². The van der Waals surface area contributed by atoms with Gasteiger partial charge in [0.2, 0.25) is 0 Å². The van der Waals surface area contributed by atoms with Crippen molar-refractivity contribution in [3.8, 4) is 0 Å². The maximum absolute atomic E-state index is 8.84. The highest BCUT2D eigenvalue weighted by atomic mass is 16.3. The fraction of sp³-hybridized carbons (Fsp3) is 0.600. The normalized spacial score (nSPS) is 21.5. The third-order valence-electron chi connectivity index (χ3n) is 2.70. The minimum Gasteiger partial charge on any atom is -0.396 e. The van der Waals surface area contributed by atoms with Gasteiger partial charge in [-0.25, -0.2) is 4.98 Å². The molecule has 1 aliphatic rings. The molecule has 2 rings (SSSR count). The molecule has 2 heterocycles. The van der Waals surface area contributed by atoms with Gasteiger partial charge in [-0.1, -0.05) is 0 Å². The third-order valence-corrected chi connectivity index (χ3v) is 2.70. The maximum atomic E-state index is 8.84. The summed E-state index contributed by atoms with van der Waals surface area (Å²) in [4.78, 5) is 10.5. The zero-order valence-corrected chi connectivity index (χ0v) is 8.13. The van der Waals surface area contributed by atoms with Crippen LogP contribution in [-0.2, 0) is 0 Å². The van der Waals surface area contributed by atoms with Crippen molar-refractivity contribution in [2.75, 3.05) is 24.6 Å². The van der Waals surface area contributed by atoms with Crippen molar-refractivity contribution in [1.29, 1.82) is 0 Å². The number of rotatable bonds is 3. The molecule has 0 aliphatic carbocycles. The van der Waals surface area contributed by atoms with Gasteiger partial charge in [-0.2, -0.15) is 0 Å². The Hall–Kier alpha value is -1.16. The van der Waals surface area contributed by atoms with Crippen LogP contribution in [0.2, 0.25) is 0 Å². The molecule has 1 N–H and O–H groups in total. The Kier molecular flexibility index (Phi) is 2.93. The SMILES string of the molecule is OCCC1CCN(c2cnccn2)C1. The van der Waals surface area contributed by atoms with Crippen LogP contribution in [0.3, 0.4) is 0 Å². The molecular weight excluding hydrogens is 178 g/mol. The summed E-state index contributed by atoms with van der Waals surface area (Å²) in [6, 6.07) is 0. The van der Waals surface area contributed by atoms with Crippen molar-refractivity contribution < 1.29 is 5.11 Å². The van der Waals surface area contributed by atoms with Gasteiger partial charge in [0.05, 0.1) is 6.20 Å². The van der Waals surface area contributed by atoms with E-state index in [0.29, 0.717) is 12.5 Å². The zero-order chi connectivity index (χ0) is 9.80. The molecule has 1 saturated heterocycles. The summed E-state index contributed by atoms with van der Waals surface area (Å²) in [5, 5.41) is 8.84. The van der Waals surface area contributed by atoms with Gasteiger partial charge in [-0.3, -0.25) is 4.98 Å². The van der Waals surface area contributed by atoms with Crippen LogP contribution >= 0.6 is 0 Å². The Balaban J connectivity index is 1.96. The van der Waals surface area contributed by atoms with E-state index in [-0.39, 0.29) is 0 Å². The highest BCUT2D eigenvalue weighted by Crippen LogP contribution is 2.22. The minimum atomic E-state index is 0.291. The van der Waals surface area contributed by atoms with Crippen molar-refractivity contribution in [3.63, 3.8) is 0 Å². The van der Waals surface area contributed by atoms with E-state index in [4.69, 9.17) is 5.11 Å². The van der Waals surface area contributed by atoms with Crippen LogP contribution in [0.5, 0.6) is 0 Å². The quantitative estimate of drug-likeness (QED) is 0.767. The largest absolute Gasteiger partial charge is 0.396 e. The first-order chi connectivity index (χ1) is 6.90. The van der Waals surface area contributed by atoms with Crippen molar-refractivity contribution >= 4 is 5.82 Å². The van der Waals surface area contributed by atoms with Gasteiger partial charge in [0, 0.05) is 32.1 Å². The fourth-order valence-electron chi connectivity index (χ4n) is 1.91. The van der Waals surface area contributed by atoms with Gasteiger partial charge >= 0.3 is 0 Å². The maximum Gasteiger partial charge on any atom is 0.147 e.